The standard InChI is InChI=1S/C28H29FN6O2/c1-17-11-18(8-10-32-17)26(31)23-13-19(4-6-24(23)30)27(36)34-22-3-2-9-28(37,14-22)16-35-25-7-5-21(29)12-20(25)15-33-35/h4-8,10-13,15,22,31,37H,2-3,9,14,16,30H2,1H3,(H,34,36)/t22-,28-/m0/s1. The van der Waals surface area contributed by atoms with Crippen molar-refractivity contribution in [1.82, 2.24) is 20.1 Å². The monoisotopic (exact) mass is 500 g/mol. The number of aryl methyl sites for hydroxylation is 1. The number of carbonyl (C=O) groups is 1. The van der Waals surface area contributed by atoms with E-state index in [2.05, 4.69) is 15.4 Å². The maximum Gasteiger partial charge on any atom is 0.251 e. The molecule has 1 aliphatic rings. The highest BCUT2D eigenvalue weighted by Gasteiger charge is 2.36. The number of nitrogens with one attached hydrogen (secondary N) is 2. The molecule has 1 saturated carbocycles. The normalized spacial score (nSPS) is 19.6. The number of rotatable bonds is 6. The van der Waals surface area contributed by atoms with Crippen LogP contribution in [0.5, 0.6) is 0 Å². The molecule has 2 aromatic heterocycles. The Morgan fingerprint density at radius 3 is 2.89 bits per heavy atom. The lowest BCUT2D eigenvalue weighted by Crippen LogP contribution is -2.47. The quantitative estimate of drug-likeness (QED) is 0.235. The Morgan fingerprint density at radius 2 is 2.08 bits per heavy atom. The minimum atomic E-state index is -1.06. The summed E-state index contributed by atoms with van der Waals surface area (Å²) in [4.78, 5) is 17.3. The molecule has 8 nitrogen and oxygen atoms in total. The van der Waals surface area contributed by atoms with E-state index in [4.69, 9.17) is 11.1 Å². The number of fused-ring (bicyclic) bond motifs is 1. The number of nitrogens with two attached hydrogens (primary N) is 1. The van der Waals surface area contributed by atoms with E-state index >= 15 is 0 Å². The van der Waals surface area contributed by atoms with E-state index in [9.17, 15) is 14.3 Å². The van der Waals surface area contributed by atoms with Gasteiger partial charge in [0.15, 0.2) is 0 Å². The zero-order valence-electron chi connectivity index (χ0n) is 20.5. The number of halogens is 1. The van der Waals surface area contributed by atoms with Crippen molar-refractivity contribution in [3.05, 3.63) is 89.1 Å². The molecular formula is C28H29FN6O2. The topological polar surface area (TPSA) is 130 Å². The second kappa shape index (κ2) is 9.74. The second-order valence-corrected chi connectivity index (χ2v) is 9.86. The zero-order valence-corrected chi connectivity index (χ0v) is 20.5. The summed E-state index contributed by atoms with van der Waals surface area (Å²) >= 11 is 0. The van der Waals surface area contributed by atoms with E-state index in [-0.39, 0.29) is 30.0 Å². The van der Waals surface area contributed by atoms with Crippen molar-refractivity contribution in [2.45, 2.75) is 50.8 Å². The fraction of sp³-hybridized carbons (Fsp3) is 0.286. The summed E-state index contributed by atoms with van der Waals surface area (Å²) in [5.74, 6) is -0.614. The fourth-order valence-corrected chi connectivity index (χ4v) is 5.11. The van der Waals surface area contributed by atoms with Gasteiger partial charge >= 0.3 is 0 Å². The Kier molecular flexibility index (Phi) is 6.47. The number of pyridine rings is 1. The zero-order chi connectivity index (χ0) is 26.2. The molecule has 1 amide bonds. The summed E-state index contributed by atoms with van der Waals surface area (Å²) in [5.41, 5.74) is 8.80. The molecule has 37 heavy (non-hydrogen) atoms. The van der Waals surface area contributed by atoms with Gasteiger partial charge in [0.2, 0.25) is 0 Å². The largest absolute Gasteiger partial charge is 0.398 e. The Hall–Kier alpha value is -4.11. The van der Waals surface area contributed by atoms with E-state index in [0.717, 1.165) is 24.1 Å². The van der Waals surface area contributed by atoms with Gasteiger partial charge in [0.05, 0.1) is 29.6 Å². The Balaban J connectivity index is 1.30. The summed E-state index contributed by atoms with van der Waals surface area (Å²) in [5, 5.41) is 28.1. The summed E-state index contributed by atoms with van der Waals surface area (Å²) < 4.78 is 15.2. The number of amides is 1. The predicted octanol–water partition coefficient (Wildman–Crippen LogP) is 3.98. The number of anilines is 1. The molecule has 2 heterocycles. The number of hydrogen-bond acceptors (Lipinski definition) is 6. The van der Waals surface area contributed by atoms with Crippen LogP contribution in [-0.4, -0.2) is 43.1 Å². The van der Waals surface area contributed by atoms with E-state index in [1.54, 1.807) is 53.5 Å². The van der Waals surface area contributed by atoms with Gasteiger partial charge in [-0.2, -0.15) is 5.10 Å². The first kappa shape index (κ1) is 24.6. The molecule has 2 aromatic carbocycles. The van der Waals surface area contributed by atoms with E-state index in [1.165, 1.54) is 12.1 Å². The third-order valence-corrected chi connectivity index (χ3v) is 6.97. The average Bonchev–Trinajstić information content (AvgIpc) is 3.24. The lowest BCUT2D eigenvalue weighted by molar-refractivity contribution is -0.0227. The lowest BCUT2D eigenvalue weighted by Gasteiger charge is -2.37. The molecule has 2 atom stereocenters. The van der Waals surface area contributed by atoms with Gasteiger partial charge in [-0.1, -0.05) is 0 Å². The van der Waals surface area contributed by atoms with Gasteiger partial charge in [-0.05, 0) is 81.1 Å². The molecular weight excluding hydrogens is 471 g/mol. The van der Waals surface area contributed by atoms with E-state index < -0.39 is 5.60 Å². The number of nitrogen functional groups attached to an aromatic ring is 1. The van der Waals surface area contributed by atoms with Crippen molar-refractivity contribution in [1.29, 1.82) is 5.41 Å². The van der Waals surface area contributed by atoms with Crippen molar-refractivity contribution in [3.8, 4) is 0 Å². The number of hydrogen-bond donors (Lipinski definition) is 4. The molecule has 4 aromatic rings. The van der Waals surface area contributed by atoms with Gasteiger partial charge in [0.25, 0.3) is 5.91 Å². The summed E-state index contributed by atoms with van der Waals surface area (Å²) in [6, 6.07) is 12.7. The summed E-state index contributed by atoms with van der Waals surface area (Å²) in [6.45, 7) is 2.10. The van der Waals surface area contributed by atoms with Crippen LogP contribution in [0.1, 0.15) is 52.9 Å². The van der Waals surface area contributed by atoms with Gasteiger partial charge in [-0.3, -0.25) is 19.9 Å². The first-order valence-electron chi connectivity index (χ1n) is 12.3. The Labute approximate surface area is 213 Å². The van der Waals surface area contributed by atoms with Crippen LogP contribution < -0.4 is 11.1 Å². The fourth-order valence-electron chi connectivity index (χ4n) is 5.11. The SMILES string of the molecule is Cc1cc(C(=N)c2cc(C(=O)N[C@H]3CCC[C@@](O)(Cn4ncc5cc(F)ccc54)C3)ccc2N)ccn1. The molecule has 0 unspecified atom stereocenters. The van der Waals surface area contributed by atoms with Gasteiger partial charge in [-0.25, -0.2) is 4.39 Å². The molecule has 5 rings (SSSR count). The highest BCUT2D eigenvalue weighted by atomic mass is 19.1. The highest BCUT2D eigenvalue weighted by Crippen LogP contribution is 2.31. The Morgan fingerprint density at radius 1 is 1.24 bits per heavy atom. The molecule has 0 radical (unpaired) electrons. The van der Waals surface area contributed by atoms with Crippen LogP contribution in [0.2, 0.25) is 0 Å². The van der Waals surface area contributed by atoms with Crippen LogP contribution in [0, 0.1) is 18.2 Å². The Bertz CT molecular complexity index is 1500. The van der Waals surface area contributed by atoms with Crippen molar-refractivity contribution in [2.24, 2.45) is 0 Å². The van der Waals surface area contributed by atoms with Crippen LogP contribution >= 0.6 is 0 Å². The number of aliphatic hydroxyl groups is 1. The molecule has 0 saturated heterocycles. The number of benzene rings is 2. The minimum absolute atomic E-state index is 0.219. The van der Waals surface area contributed by atoms with Gasteiger partial charge in [0.1, 0.15) is 5.82 Å². The van der Waals surface area contributed by atoms with Gasteiger partial charge < -0.3 is 16.2 Å². The van der Waals surface area contributed by atoms with Crippen molar-refractivity contribution in [2.75, 3.05) is 5.73 Å². The van der Waals surface area contributed by atoms with Gasteiger partial charge in [0, 0.05) is 45.7 Å². The van der Waals surface area contributed by atoms with E-state index in [1.807, 2.05) is 6.92 Å². The molecule has 9 heteroatoms. The van der Waals surface area contributed by atoms with Crippen LogP contribution in [0.15, 0.2) is 60.9 Å². The molecule has 1 fully saturated rings. The third kappa shape index (κ3) is 5.22. The predicted molar refractivity (Wildman–Crippen MR) is 140 cm³/mol. The molecule has 1 aliphatic carbocycles. The van der Waals surface area contributed by atoms with Crippen LogP contribution in [0.4, 0.5) is 10.1 Å². The minimum Gasteiger partial charge on any atom is -0.398 e. The van der Waals surface area contributed by atoms with Gasteiger partial charge in [-0.15, -0.1) is 0 Å². The first-order valence-corrected chi connectivity index (χ1v) is 12.3. The maximum atomic E-state index is 13.5. The van der Waals surface area contributed by atoms with Crippen LogP contribution in [-0.2, 0) is 6.54 Å². The third-order valence-electron chi connectivity index (χ3n) is 6.97. The highest BCUT2D eigenvalue weighted by molar-refractivity contribution is 6.14. The summed E-state index contributed by atoms with van der Waals surface area (Å²) in [6.07, 6.45) is 5.67. The molecule has 5 N–H and O–H groups in total. The number of nitrogens with zero attached hydrogens (tertiary/aromatic N) is 3. The summed E-state index contributed by atoms with van der Waals surface area (Å²) in [7, 11) is 0. The smallest absolute Gasteiger partial charge is 0.251 e. The maximum absolute atomic E-state index is 13.5. The van der Waals surface area contributed by atoms with Crippen molar-refractivity contribution >= 4 is 28.2 Å². The molecule has 0 bridgehead atoms. The number of carbonyl (C=O) groups excluding carboxylic acids is 1. The molecule has 0 aliphatic heterocycles. The lowest BCUT2D eigenvalue weighted by atomic mass is 9.81. The average molecular weight is 501 g/mol. The van der Waals surface area contributed by atoms with Crippen molar-refractivity contribution < 1.29 is 14.3 Å². The van der Waals surface area contributed by atoms with E-state index in [0.29, 0.717) is 40.6 Å². The first-order chi connectivity index (χ1) is 17.7. The van der Waals surface area contributed by atoms with Crippen molar-refractivity contribution in [3.63, 3.8) is 0 Å². The number of aromatic nitrogens is 3. The molecule has 190 valence electrons. The molecule has 0 spiro atoms. The van der Waals surface area contributed by atoms with Crippen LogP contribution in [0.25, 0.3) is 10.9 Å². The second-order valence-electron chi connectivity index (χ2n) is 9.86. The van der Waals surface area contributed by atoms with Crippen LogP contribution in [0.3, 0.4) is 0 Å².